The molecule has 1 aromatic heterocycles. The second kappa shape index (κ2) is 6.95. The summed E-state index contributed by atoms with van der Waals surface area (Å²) in [5.41, 5.74) is -0.346. The van der Waals surface area contributed by atoms with Gasteiger partial charge in [-0.2, -0.15) is 13.9 Å². The molecule has 2 amide bonds. The van der Waals surface area contributed by atoms with Crippen LogP contribution in [0, 0.1) is 0 Å². The van der Waals surface area contributed by atoms with Crippen molar-refractivity contribution in [2.75, 3.05) is 5.32 Å². The third-order valence-electron chi connectivity index (χ3n) is 3.72. The van der Waals surface area contributed by atoms with E-state index in [0.717, 1.165) is 18.3 Å². The van der Waals surface area contributed by atoms with Crippen LogP contribution in [0.25, 0.3) is 0 Å². The lowest BCUT2D eigenvalue weighted by Crippen LogP contribution is -2.36. The lowest BCUT2D eigenvalue weighted by molar-refractivity contribution is -0.123. The molecule has 2 aromatic rings. The Kier molecular flexibility index (Phi) is 4.83. The van der Waals surface area contributed by atoms with E-state index in [1.54, 1.807) is 11.6 Å². The summed E-state index contributed by atoms with van der Waals surface area (Å²) < 4.78 is 57.2. The van der Waals surface area contributed by atoms with Crippen molar-refractivity contribution in [2.45, 2.75) is 30.9 Å². The first-order valence-corrected chi connectivity index (χ1v) is 9.21. The van der Waals surface area contributed by atoms with Gasteiger partial charge in [0.15, 0.2) is 11.8 Å². The highest BCUT2D eigenvalue weighted by Gasteiger charge is 2.28. The molecule has 144 valence electrons. The van der Waals surface area contributed by atoms with Crippen molar-refractivity contribution >= 4 is 27.5 Å². The molecule has 0 aliphatic carbocycles. The first kappa shape index (κ1) is 18.8. The Bertz CT molecular complexity index is 1010. The summed E-state index contributed by atoms with van der Waals surface area (Å²) in [6.07, 6.45) is 0.610. The number of hydrogen-bond acceptors (Lipinski definition) is 6. The fourth-order valence-electron chi connectivity index (χ4n) is 2.37. The number of fused-ring (bicyclic) bond motifs is 1. The third kappa shape index (κ3) is 3.74. The summed E-state index contributed by atoms with van der Waals surface area (Å²) in [6.45, 7) is -1.20. The van der Waals surface area contributed by atoms with Crippen LogP contribution < -0.4 is 14.8 Å². The van der Waals surface area contributed by atoms with Crippen LogP contribution >= 0.6 is 0 Å². The number of alkyl halides is 2. The van der Waals surface area contributed by atoms with Crippen LogP contribution in [0.1, 0.15) is 30.4 Å². The Morgan fingerprint density at radius 2 is 2.15 bits per heavy atom. The van der Waals surface area contributed by atoms with Crippen molar-refractivity contribution < 1.29 is 31.5 Å². The van der Waals surface area contributed by atoms with E-state index in [2.05, 4.69) is 10.4 Å². The summed E-state index contributed by atoms with van der Waals surface area (Å²) in [4.78, 5) is 23.5. The highest BCUT2D eigenvalue weighted by Crippen LogP contribution is 2.32. The van der Waals surface area contributed by atoms with Gasteiger partial charge in [0.05, 0.1) is 10.6 Å². The number of hydrogen-bond donors (Lipinski definition) is 2. The van der Waals surface area contributed by atoms with Gasteiger partial charge in [-0.15, -0.1) is 0 Å². The number of benzene rings is 1. The molecule has 1 atom stereocenters. The smallest absolute Gasteiger partial charge is 0.333 e. The van der Waals surface area contributed by atoms with Gasteiger partial charge in [-0.05, 0) is 30.7 Å². The average molecular weight is 400 g/mol. The molecule has 12 heteroatoms. The summed E-state index contributed by atoms with van der Waals surface area (Å²) in [5, 5.41) is 5.83. The van der Waals surface area contributed by atoms with Gasteiger partial charge in [-0.1, -0.05) is 6.92 Å². The van der Waals surface area contributed by atoms with Gasteiger partial charge in [0, 0.05) is 6.20 Å². The quantitative estimate of drug-likeness (QED) is 0.785. The number of rotatable bonds is 5. The summed E-state index contributed by atoms with van der Waals surface area (Å²) in [6, 6.07) is 4.63. The Labute approximate surface area is 152 Å². The normalized spacial score (nSPS) is 16.4. The van der Waals surface area contributed by atoms with Gasteiger partial charge in [0.25, 0.3) is 21.8 Å². The number of amides is 2. The first-order chi connectivity index (χ1) is 12.7. The molecule has 0 spiro atoms. The maximum Gasteiger partial charge on any atom is 0.333 e. The summed E-state index contributed by atoms with van der Waals surface area (Å²) >= 11 is 0. The summed E-state index contributed by atoms with van der Waals surface area (Å²) in [7, 11) is -4.33. The van der Waals surface area contributed by atoms with Gasteiger partial charge < -0.3 is 10.1 Å². The topological polar surface area (TPSA) is 119 Å². The molecule has 2 N–H and O–H groups in total. The molecule has 9 nitrogen and oxygen atoms in total. The minimum atomic E-state index is -4.33. The van der Waals surface area contributed by atoms with E-state index in [0.29, 0.717) is 12.2 Å². The standard InChI is InChI=1S/C15H14F2N4O5S/c1-2-11-14(23)18-10-7-8(3-4-12(10)26-11)27(24,25)20-13(22)9-5-6-21(19-9)15(16)17/h3-7,11,15H,2H2,1H3,(H,18,23)(H,20,22)/t11-/m1/s1. The zero-order valence-corrected chi connectivity index (χ0v) is 14.7. The van der Waals surface area contributed by atoms with E-state index in [1.165, 1.54) is 12.1 Å². The lowest BCUT2D eigenvalue weighted by atomic mass is 10.2. The highest BCUT2D eigenvalue weighted by molar-refractivity contribution is 7.90. The minimum absolute atomic E-state index is 0.141. The van der Waals surface area contributed by atoms with Gasteiger partial charge in [-0.3, -0.25) is 9.59 Å². The monoisotopic (exact) mass is 400 g/mol. The molecule has 27 heavy (non-hydrogen) atoms. The molecule has 3 rings (SSSR count). The van der Waals surface area contributed by atoms with Crippen LogP contribution in [0.15, 0.2) is 35.4 Å². The Morgan fingerprint density at radius 3 is 2.78 bits per heavy atom. The van der Waals surface area contributed by atoms with E-state index >= 15 is 0 Å². The number of ether oxygens (including phenoxy) is 1. The van der Waals surface area contributed by atoms with E-state index in [-0.39, 0.29) is 15.3 Å². The number of aromatic nitrogens is 2. The number of sulfonamides is 1. The summed E-state index contributed by atoms with van der Waals surface area (Å²) in [5.74, 6) is -1.29. The number of anilines is 1. The molecule has 0 fully saturated rings. The van der Waals surface area contributed by atoms with Crippen LogP contribution in [0.3, 0.4) is 0 Å². The lowest BCUT2D eigenvalue weighted by Gasteiger charge is -2.25. The van der Waals surface area contributed by atoms with Gasteiger partial charge in [0.1, 0.15) is 5.75 Å². The van der Waals surface area contributed by atoms with Crippen molar-refractivity contribution in [2.24, 2.45) is 0 Å². The molecule has 0 radical (unpaired) electrons. The molecule has 0 unspecified atom stereocenters. The number of nitrogens with zero attached hydrogens (tertiary/aromatic N) is 2. The van der Waals surface area contributed by atoms with Crippen LogP contribution in [-0.2, 0) is 14.8 Å². The number of carbonyl (C=O) groups excluding carboxylic acids is 2. The average Bonchev–Trinajstić information content (AvgIpc) is 3.11. The third-order valence-corrected chi connectivity index (χ3v) is 5.05. The molecule has 1 aromatic carbocycles. The minimum Gasteiger partial charge on any atom is -0.478 e. The molecule has 0 bridgehead atoms. The maximum absolute atomic E-state index is 12.5. The maximum atomic E-state index is 12.5. The van der Waals surface area contributed by atoms with Crippen LogP contribution in [0.4, 0.5) is 14.5 Å². The zero-order valence-electron chi connectivity index (χ0n) is 13.8. The van der Waals surface area contributed by atoms with Crippen molar-refractivity contribution in [3.05, 3.63) is 36.2 Å². The SMILES string of the molecule is CC[C@H]1Oc2ccc(S(=O)(=O)NC(=O)c3ccn(C(F)F)n3)cc2NC1=O. The Balaban J connectivity index is 1.82. The van der Waals surface area contributed by atoms with E-state index in [1.807, 2.05) is 0 Å². The predicted molar refractivity (Wildman–Crippen MR) is 87.9 cm³/mol. The Morgan fingerprint density at radius 1 is 1.41 bits per heavy atom. The van der Waals surface area contributed by atoms with Crippen molar-refractivity contribution in [3.63, 3.8) is 0 Å². The fraction of sp³-hybridized carbons (Fsp3) is 0.267. The zero-order chi connectivity index (χ0) is 19.8. The molecule has 0 saturated carbocycles. The number of carbonyl (C=O) groups is 2. The van der Waals surface area contributed by atoms with E-state index < -0.39 is 40.2 Å². The largest absolute Gasteiger partial charge is 0.478 e. The fourth-order valence-corrected chi connectivity index (χ4v) is 3.35. The van der Waals surface area contributed by atoms with Crippen molar-refractivity contribution in [1.82, 2.24) is 14.5 Å². The van der Waals surface area contributed by atoms with E-state index in [4.69, 9.17) is 4.74 Å². The molecular formula is C15H14F2N4O5S. The van der Waals surface area contributed by atoms with Gasteiger partial charge in [0.2, 0.25) is 0 Å². The van der Waals surface area contributed by atoms with Crippen molar-refractivity contribution in [3.8, 4) is 5.75 Å². The van der Waals surface area contributed by atoms with Crippen LogP contribution in [-0.4, -0.2) is 36.1 Å². The first-order valence-electron chi connectivity index (χ1n) is 7.73. The molecule has 2 heterocycles. The van der Waals surface area contributed by atoms with Crippen molar-refractivity contribution in [1.29, 1.82) is 0 Å². The second-order valence-corrected chi connectivity index (χ2v) is 7.24. The predicted octanol–water partition coefficient (Wildman–Crippen LogP) is 1.51. The molecule has 1 aliphatic rings. The van der Waals surface area contributed by atoms with Gasteiger partial charge in [-0.25, -0.2) is 17.8 Å². The second-order valence-electron chi connectivity index (χ2n) is 5.56. The molecule has 1 aliphatic heterocycles. The number of halogens is 2. The van der Waals surface area contributed by atoms with Crippen LogP contribution in [0.5, 0.6) is 5.75 Å². The molecule has 0 saturated heterocycles. The highest BCUT2D eigenvalue weighted by atomic mass is 32.2. The Hall–Kier alpha value is -3.02. The van der Waals surface area contributed by atoms with Gasteiger partial charge >= 0.3 is 6.55 Å². The molecular weight excluding hydrogens is 386 g/mol. The van der Waals surface area contributed by atoms with E-state index in [9.17, 15) is 26.8 Å². The van der Waals surface area contributed by atoms with Crippen LogP contribution in [0.2, 0.25) is 0 Å². The number of nitrogens with one attached hydrogen (secondary N) is 2.